The first kappa shape index (κ1) is 21.4. The highest BCUT2D eigenvalue weighted by atomic mass is 28.3. The maximum atomic E-state index is 2.52. The van der Waals surface area contributed by atoms with E-state index in [2.05, 4.69) is 136 Å². The van der Waals surface area contributed by atoms with E-state index in [1.165, 1.54) is 54.9 Å². The Balaban J connectivity index is 1.91. The smallest absolute Gasteiger partial charge is 0.0622 e. The van der Waals surface area contributed by atoms with Crippen LogP contribution in [0.4, 0.5) is 0 Å². The number of benzene rings is 4. The van der Waals surface area contributed by atoms with E-state index >= 15 is 0 Å². The Morgan fingerprint density at radius 1 is 0.394 bits per heavy atom. The topological polar surface area (TPSA) is 0 Å². The summed E-state index contributed by atoms with van der Waals surface area (Å²) in [7, 11) is -2.04. The fourth-order valence-corrected chi connectivity index (χ4v) is 9.05. The van der Waals surface area contributed by atoms with Crippen LogP contribution in [-0.4, -0.2) is 8.07 Å². The molecule has 1 aliphatic rings. The predicted molar refractivity (Wildman–Crippen MR) is 146 cm³/mol. The summed E-state index contributed by atoms with van der Waals surface area (Å²) in [5.41, 5.74) is 10.7. The van der Waals surface area contributed by atoms with Crippen LogP contribution in [0, 0.1) is 13.8 Å². The summed E-state index contributed by atoms with van der Waals surface area (Å²) in [4.78, 5) is 0. The normalized spacial score (nSPS) is 15.3. The van der Waals surface area contributed by atoms with Gasteiger partial charge in [0, 0.05) is 0 Å². The fourth-order valence-electron chi connectivity index (χ4n) is 5.24. The van der Waals surface area contributed by atoms with Crippen molar-refractivity contribution < 1.29 is 0 Å². The highest BCUT2D eigenvalue weighted by molar-refractivity contribution is 7.13. The molecule has 0 saturated carbocycles. The second-order valence-corrected chi connectivity index (χ2v) is 13.8. The van der Waals surface area contributed by atoms with Crippen LogP contribution in [0.3, 0.4) is 0 Å². The van der Waals surface area contributed by atoms with Gasteiger partial charge in [0.15, 0.2) is 0 Å². The van der Waals surface area contributed by atoms with Crippen LogP contribution in [-0.2, 0) is 0 Å². The maximum absolute atomic E-state index is 2.52. The van der Waals surface area contributed by atoms with Crippen LogP contribution in [0.2, 0.25) is 13.1 Å². The molecule has 4 aromatic carbocycles. The van der Waals surface area contributed by atoms with E-state index in [1.54, 1.807) is 0 Å². The Labute approximate surface area is 199 Å². The largest absolute Gasteiger partial charge is 0.115 e. The van der Waals surface area contributed by atoms with Crippen LogP contribution in [0.25, 0.3) is 21.5 Å². The van der Waals surface area contributed by atoms with Crippen molar-refractivity contribution in [3.05, 3.63) is 143 Å². The first-order valence-corrected chi connectivity index (χ1v) is 14.7. The van der Waals surface area contributed by atoms with Crippen LogP contribution in [0.1, 0.15) is 33.4 Å². The van der Waals surface area contributed by atoms with Gasteiger partial charge in [-0.25, -0.2) is 0 Å². The summed E-state index contributed by atoms with van der Waals surface area (Å²) in [6, 6.07) is 40.3. The van der Waals surface area contributed by atoms with Gasteiger partial charge in [-0.3, -0.25) is 0 Å². The van der Waals surface area contributed by atoms with Crippen molar-refractivity contribution in [1.82, 2.24) is 0 Å². The lowest BCUT2D eigenvalue weighted by Crippen LogP contribution is -2.28. The van der Waals surface area contributed by atoms with E-state index in [9.17, 15) is 0 Å². The van der Waals surface area contributed by atoms with E-state index < -0.39 is 8.07 Å². The molecular weight excluding hydrogens is 412 g/mol. The molecule has 0 unspecified atom stereocenters. The zero-order chi connectivity index (χ0) is 23.0. The van der Waals surface area contributed by atoms with Gasteiger partial charge in [0.25, 0.3) is 0 Å². The Kier molecular flexibility index (Phi) is 5.52. The standard InChI is InChI=1S/C32H30Si/c1-23-15-19-25(20-16-23)29-30(26-21-17-24(2)18-22-26)32(28-13-9-6-10-14-28)33(3,4)31(29)27-11-7-5-8-12-27/h5-22H,1-4H3. The monoisotopic (exact) mass is 442 g/mol. The third kappa shape index (κ3) is 3.83. The summed E-state index contributed by atoms with van der Waals surface area (Å²) < 4.78 is 0. The summed E-state index contributed by atoms with van der Waals surface area (Å²) >= 11 is 0. The molecule has 5 rings (SSSR count). The van der Waals surface area contributed by atoms with E-state index in [1.807, 2.05) is 0 Å². The summed E-state index contributed by atoms with van der Waals surface area (Å²) in [6.07, 6.45) is 0. The van der Waals surface area contributed by atoms with Gasteiger partial charge >= 0.3 is 0 Å². The second kappa shape index (κ2) is 8.50. The molecular formula is C32H30Si. The number of allylic oxidation sites excluding steroid dienone is 2. The molecule has 0 aliphatic carbocycles. The molecule has 1 aliphatic heterocycles. The number of hydrogen-bond donors (Lipinski definition) is 0. The second-order valence-electron chi connectivity index (χ2n) is 9.59. The Hall–Kier alpha value is -3.42. The minimum atomic E-state index is -2.04. The van der Waals surface area contributed by atoms with Crippen LogP contribution < -0.4 is 0 Å². The maximum Gasteiger partial charge on any atom is 0.115 e. The van der Waals surface area contributed by atoms with E-state index in [0.717, 1.165) is 0 Å². The number of hydrogen-bond acceptors (Lipinski definition) is 0. The molecule has 0 fully saturated rings. The molecule has 1 heterocycles. The summed E-state index contributed by atoms with van der Waals surface area (Å²) in [5, 5.41) is 3.06. The third-order valence-electron chi connectivity index (χ3n) is 6.81. The lowest BCUT2D eigenvalue weighted by atomic mass is 9.88. The average Bonchev–Trinajstić information content (AvgIpc) is 3.08. The first-order chi connectivity index (χ1) is 16.0. The van der Waals surface area contributed by atoms with Crippen molar-refractivity contribution in [2.45, 2.75) is 26.9 Å². The number of rotatable bonds is 4. The molecule has 0 atom stereocenters. The van der Waals surface area contributed by atoms with Gasteiger partial charge in [-0.2, -0.15) is 0 Å². The highest BCUT2D eigenvalue weighted by Gasteiger charge is 2.43. The van der Waals surface area contributed by atoms with Crippen molar-refractivity contribution in [3.8, 4) is 0 Å². The zero-order valence-electron chi connectivity index (χ0n) is 19.9. The van der Waals surface area contributed by atoms with Crippen molar-refractivity contribution in [1.29, 1.82) is 0 Å². The Morgan fingerprint density at radius 3 is 1.06 bits per heavy atom. The quantitative estimate of drug-likeness (QED) is 0.277. The molecule has 33 heavy (non-hydrogen) atoms. The molecule has 0 bridgehead atoms. The molecule has 0 N–H and O–H groups in total. The Bertz CT molecular complexity index is 1230. The molecule has 4 aromatic rings. The SMILES string of the molecule is Cc1ccc(C2=C(c3ccccc3)[Si](C)(C)C(c3ccccc3)=C2c2ccc(C)cc2)cc1. The lowest BCUT2D eigenvalue weighted by molar-refractivity contribution is 1.44. The van der Waals surface area contributed by atoms with Gasteiger partial charge in [-0.15, -0.1) is 0 Å². The summed E-state index contributed by atoms with van der Waals surface area (Å²) in [5.74, 6) is 0. The first-order valence-electron chi connectivity index (χ1n) is 11.7. The molecule has 0 radical (unpaired) electrons. The van der Waals surface area contributed by atoms with Gasteiger partial charge in [0.2, 0.25) is 0 Å². The van der Waals surface area contributed by atoms with Gasteiger partial charge < -0.3 is 0 Å². The molecule has 0 amide bonds. The van der Waals surface area contributed by atoms with E-state index in [0.29, 0.717) is 0 Å². The molecule has 0 nitrogen and oxygen atoms in total. The van der Waals surface area contributed by atoms with Gasteiger partial charge in [0.05, 0.1) is 0 Å². The Morgan fingerprint density at radius 2 is 0.727 bits per heavy atom. The van der Waals surface area contributed by atoms with Crippen molar-refractivity contribution in [2.24, 2.45) is 0 Å². The van der Waals surface area contributed by atoms with E-state index in [4.69, 9.17) is 0 Å². The highest BCUT2D eigenvalue weighted by Crippen LogP contribution is 2.55. The van der Waals surface area contributed by atoms with Gasteiger partial charge in [-0.1, -0.05) is 133 Å². The molecule has 0 aromatic heterocycles. The molecule has 162 valence electrons. The molecule has 0 saturated heterocycles. The van der Waals surface area contributed by atoms with Gasteiger partial charge in [-0.05, 0) is 57.6 Å². The molecule has 1 heteroatoms. The fraction of sp³-hybridized carbons (Fsp3) is 0.125. The van der Waals surface area contributed by atoms with Crippen LogP contribution in [0.15, 0.2) is 109 Å². The third-order valence-corrected chi connectivity index (χ3v) is 10.4. The van der Waals surface area contributed by atoms with Crippen molar-refractivity contribution in [3.63, 3.8) is 0 Å². The number of aryl methyl sites for hydroxylation is 2. The van der Waals surface area contributed by atoms with Crippen LogP contribution >= 0.6 is 0 Å². The minimum Gasteiger partial charge on any atom is -0.0622 e. The average molecular weight is 443 g/mol. The summed E-state index contributed by atoms with van der Waals surface area (Å²) in [6.45, 7) is 9.37. The minimum absolute atomic E-state index is 1.29. The van der Waals surface area contributed by atoms with Crippen molar-refractivity contribution in [2.75, 3.05) is 0 Å². The van der Waals surface area contributed by atoms with Gasteiger partial charge in [0.1, 0.15) is 8.07 Å². The zero-order valence-corrected chi connectivity index (χ0v) is 20.9. The van der Waals surface area contributed by atoms with Crippen LogP contribution in [0.5, 0.6) is 0 Å². The van der Waals surface area contributed by atoms with E-state index in [-0.39, 0.29) is 0 Å². The lowest BCUT2D eigenvalue weighted by Gasteiger charge is -2.26. The molecule has 0 spiro atoms. The van der Waals surface area contributed by atoms with Crippen molar-refractivity contribution >= 4 is 29.6 Å². The predicted octanol–water partition coefficient (Wildman–Crippen LogP) is 8.63.